The molecule has 0 saturated heterocycles. The maximum Gasteiger partial charge on any atom is 0.269 e. The van der Waals surface area contributed by atoms with Crippen LogP contribution in [-0.2, 0) is 17.8 Å². The van der Waals surface area contributed by atoms with Crippen LogP contribution in [0.2, 0.25) is 5.02 Å². The lowest BCUT2D eigenvalue weighted by Gasteiger charge is -2.09. The Balaban J connectivity index is 1.38. The predicted octanol–water partition coefficient (Wildman–Crippen LogP) is 4.76. The molecule has 1 aromatic heterocycles. The van der Waals surface area contributed by atoms with Crippen LogP contribution in [0.4, 0.5) is 0 Å². The second kappa shape index (κ2) is 10.6. The minimum Gasteiger partial charge on any atom is -0.489 e. The van der Waals surface area contributed by atoms with Gasteiger partial charge >= 0.3 is 0 Å². The third-order valence-corrected chi connectivity index (χ3v) is 5.35. The Morgan fingerprint density at radius 1 is 0.966 bits per heavy atom. The lowest BCUT2D eigenvalue weighted by molar-refractivity contribution is -0.121. The molecule has 3 rings (SSSR count). The number of hydrazine groups is 1. The molecule has 0 aliphatic heterocycles. The summed E-state index contributed by atoms with van der Waals surface area (Å²) in [6.07, 6.45) is 1.96. The molecule has 0 atom stereocenters. The fourth-order valence-electron chi connectivity index (χ4n) is 2.59. The van der Waals surface area contributed by atoms with Gasteiger partial charge in [-0.1, -0.05) is 29.8 Å². The van der Waals surface area contributed by atoms with Crippen LogP contribution in [0.3, 0.4) is 0 Å². The fourth-order valence-corrected chi connectivity index (χ4v) is 3.47. The number of thiophene rings is 1. The smallest absolute Gasteiger partial charge is 0.269 e. The lowest BCUT2D eigenvalue weighted by atomic mass is 10.1. The average molecular weight is 429 g/mol. The molecule has 7 heteroatoms. The van der Waals surface area contributed by atoms with Gasteiger partial charge in [-0.2, -0.15) is 0 Å². The normalized spacial score (nSPS) is 10.4. The van der Waals surface area contributed by atoms with Crippen molar-refractivity contribution in [3.05, 3.63) is 87.1 Å². The standard InChI is InChI=1S/C22H21ClN2O3S/c23-18-10-12-19(13-11-18)28-15-16-6-8-17(9-7-16)22(27)25-24-21(26)5-1-3-20-4-2-14-29-20/h2,4,6-14H,1,3,5,15H2,(H,24,26)(H,25,27). The van der Waals surface area contributed by atoms with Gasteiger partial charge in [0.2, 0.25) is 5.91 Å². The van der Waals surface area contributed by atoms with Crippen LogP contribution in [0, 0.1) is 0 Å². The molecule has 0 aliphatic rings. The van der Waals surface area contributed by atoms with Crippen LogP contribution in [0.1, 0.15) is 33.6 Å². The number of halogens is 1. The van der Waals surface area contributed by atoms with Crippen molar-refractivity contribution in [2.45, 2.75) is 25.9 Å². The first-order valence-corrected chi connectivity index (χ1v) is 10.4. The molecular formula is C22H21ClN2O3S. The minimum atomic E-state index is -0.359. The van der Waals surface area contributed by atoms with E-state index in [0.29, 0.717) is 23.6 Å². The Labute approximate surface area is 178 Å². The van der Waals surface area contributed by atoms with E-state index in [1.54, 1.807) is 47.7 Å². The van der Waals surface area contributed by atoms with Crippen molar-refractivity contribution in [1.29, 1.82) is 0 Å². The molecular weight excluding hydrogens is 408 g/mol. The van der Waals surface area contributed by atoms with Gasteiger partial charge < -0.3 is 4.74 Å². The molecule has 1 heterocycles. The highest BCUT2D eigenvalue weighted by Crippen LogP contribution is 2.17. The van der Waals surface area contributed by atoms with Gasteiger partial charge in [0.25, 0.3) is 5.91 Å². The molecule has 0 radical (unpaired) electrons. The molecule has 0 fully saturated rings. The van der Waals surface area contributed by atoms with E-state index in [1.807, 2.05) is 23.6 Å². The summed E-state index contributed by atoms with van der Waals surface area (Å²) < 4.78 is 5.68. The Hall–Kier alpha value is -2.83. The average Bonchev–Trinajstić information content (AvgIpc) is 3.25. The number of carbonyl (C=O) groups excluding carboxylic acids is 2. The topological polar surface area (TPSA) is 67.4 Å². The van der Waals surface area contributed by atoms with Crippen LogP contribution >= 0.6 is 22.9 Å². The zero-order chi connectivity index (χ0) is 20.5. The highest BCUT2D eigenvalue weighted by atomic mass is 35.5. The number of hydrogen-bond acceptors (Lipinski definition) is 4. The molecule has 3 aromatic rings. The van der Waals surface area contributed by atoms with E-state index in [4.69, 9.17) is 16.3 Å². The third-order valence-electron chi connectivity index (χ3n) is 4.16. The van der Waals surface area contributed by atoms with E-state index < -0.39 is 0 Å². The summed E-state index contributed by atoms with van der Waals surface area (Å²) in [7, 11) is 0. The number of rotatable bonds is 8. The Morgan fingerprint density at radius 3 is 2.41 bits per heavy atom. The quantitative estimate of drug-likeness (QED) is 0.508. The van der Waals surface area contributed by atoms with E-state index in [0.717, 1.165) is 24.2 Å². The Bertz CT molecular complexity index is 926. The molecule has 5 nitrogen and oxygen atoms in total. The number of ether oxygens (including phenoxy) is 1. The summed E-state index contributed by atoms with van der Waals surface area (Å²) >= 11 is 7.53. The number of carbonyl (C=O) groups is 2. The number of aryl methyl sites for hydroxylation is 1. The molecule has 0 spiro atoms. The van der Waals surface area contributed by atoms with Crippen LogP contribution in [0.15, 0.2) is 66.0 Å². The molecule has 29 heavy (non-hydrogen) atoms. The number of benzene rings is 2. The third kappa shape index (κ3) is 6.93. The van der Waals surface area contributed by atoms with Gasteiger partial charge in [0.15, 0.2) is 0 Å². The van der Waals surface area contributed by atoms with E-state index in [1.165, 1.54) is 4.88 Å². The van der Waals surface area contributed by atoms with Crippen molar-refractivity contribution in [1.82, 2.24) is 10.9 Å². The zero-order valence-corrected chi connectivity index (χ0v) is 17.3. The molecule has 2 N–H and O–H groups in total. The van der Waals surface area contributed by atoms with Gasteiger partial charge in [0.1, 0.15) is 12.4 Å². The van der Waals surface area contributed by atoms with E-state index >= 15 is 0 Å². The highest BCUT2D eigenvalue weighted by Gasteiger charge is 2.08. The summed E-state index contributed by atoms with van der Waals surface area (Å²) in [5, 5.41) is 2.67. The molecule has 0 aliphatic carbocycles. The van der Waals surface area contributed by atoms with Gasteiger partial charge in [-0.25, -0.2) is 0 Å². The molecule has 2 aromatic carbocycles. The molecule has 2 amide bonds. The summed E-state index contributed by atoms with van der Waals surface area (Å²) in [4.78, 5) is 25.3. The molecule has 0 unspecified atom stereocenters. The second-order valence-corrected chi connectivity index (χ2v) is 7.84. The first kappa shape index (κ1) is 20.9. The van der Waals surface area contributed by atoms with Crippen LogP contribution in [-0.4, -0.2) is 11.8 Å². The van der Waals surface area contributed by atoms with Crippen molar-refractivity contribution < 1.29 is 14.3 Å². The molecule has 0 saturated carbocycles. The van der Waals surface area contributed by atoms with Gasteiger partial charge in [-0.15, -0.1) is 11.3 Å². The van der Waals surface area contributed by atoms with Gasteiger partial charge in [-0.05, 0) is 66.2 Å². The SMILES string of the molecule is O=C(CCCc1cccs1)NNC(=O)c1ccc(COc2ccc(Cl)cc2)cc1. The van der Waals surface area contributed by atoms with E-state index in [2.05, 4.69) is 16.9 Å². The minimum absolute atomic E-state index is 0.206. The molecule has 0 bridgehead atoms. The summed E-state index contributed by atoms with van der Waals surface area (Å²) in [6.45, 7) is 0.379. The highest BCUT2D eigenvalue weighted by molar-refractivity contribution is 7.09. The molecule has 150 valence electrons. The monoisotopic (exact) mass is 428 g/mol. The first-order chi connectivity index (χ1) is 14.1. The maximum atomic E-state index is 12.2. The number of amides is 2. The van der Waals surface area contributed by atoms with Crippen molar-refractivity contribution >= 4 is 34.8 Å². The Kier molecular flexibility index (Phi) is 7.67. The van der Waals surface area contributed by atoms with Gasteiger partial charge in [0, 0.05) is 21.9 Å². The fraction of sp³-hybridized carbons (Fsp3) is 0.182. The Morgan fingerprint density at radius 2 is 1.72 bits per heavy atom. The van der Waals surface area contributed by atoms with Crippen LogP contribution in [0.25, 0.3) is 0 Å². The maximum absolute atomic E-state index is 12.2. The lowest BCUT2D eigenvalue weighted by Crippen LogP contribution is -2.41. The van der Waals surface area contributed by atoms with Crippen molar-refractivity contribution in [2.75, 3.05) is 0 Å². The van der Waals surface area contributed by atoms with Crippen LogP contribution < -0.4 is 15.6 Å². The summed E-state index contributed by atoms with van der Waals surface area (Å²) in [5.41, 5.74) is 6.28. The largest absolute Gasteiger partial charge is 0.489 e. The van der Waals surface area contributed by atoms with Crippen LogP contribution in [0.5, 0.6) is 5.75 Å². The van der Waals surface area contributed by atoms with Crippen molar-refractivity contribution in [3.63, 3.8) is 0 Å². The predicted molar refractivity (Wildman–Crippen MR) is 115 cm³/mol. The number of hydrogen-bond donors (Lipinski definition) is 2. The van der Waals surface area contributed by atoms with E-state index in [-0.39, 0.29) is 11.8 Å². The summed E-state index contributed by atoms with van der Waals surface area (Å²) in [5.74, 6) is 0.155. The van der Waals surface area contributed by atoms with E-state index in [9.17, 15) is 9.59 Å². The first-order valence-electron chi connectivity index (χ1n) is 9.19. The number of nitrogens with one attached hydrogen (secondary N) is 2. The zero-order valence-electron chi connectivity index (χ0n) is 15.7. The van der Waals surface area contributed by atoms with Gasteiger partial charge in [0.05, 0.1) is 0 Å². The van der Waals surface area contributed by atoms with Crippen molar-refractivity contribution in [2.24, 2.45) is 0 Å². The van der Waals surface area contributed by atoms with Gasteiger partial charge in [-0.3, -0.25) is 20.4 Å². The second-order valence-electron chi connectivity index (χ2n) is 6.37. The van der Waals surface area contributed by atoms with Crippen molar-refractivity contribution in [3.8, 4) is 5.75 Å². The summed E-state index contributed by atoms with van der Waals surface area (Å²) in [6, 6.07) is 18.2.